The summed E-state index contributed by atoms with van der Waals surface area (Å²) in [7, 11) is 1.83. The maximum atomic E-state index is 13.7. The van der Waals surface area contributed by atoms with Crippen molar-refractivity contribution in [1.29, 1.82) is 0 Å². The van der Waals surface area contributed by atoms with Crippen molar-refractivity contribution < 1.29 is 4.39 Å². The quantitative estimate of drug-likeness (QED) is 0.853. The lowest BCUT2D eigenvalue weighted by Crippen LogP contribution is -2.06. The lowest BCUT2D eigenvalue weighted by atomic mass is 10.2. The van der Waals surface area contributed by atoms with Crippen molar-refractivity contribution >= 4 is 11.8 Å². The van der Waals surface area contributed by atoms with E-state index in [1.54, 1.807) is 6.07 Å². The minimum Gasteiger partial charge on any atom is -0.316 e. The Bertz CT molecular complexity index is 458. The molecule has 0 radical (unpaired) electrons. The van der Waals surface area contributed by atoms with Gasteiger partial charge in [-0.2, -0.15) is 5.10 Å². The van der Waals surface area contributed by atoms with Crippen LogP contribution in [0.2, 0.25) is 0 Å². The fourth-order valence-corrected chi connectivity index (χ4v) is 2.17. The standard InChI is InChI=1S/C10H11FN4S/c1-12-5-7-3-2-4-8(11)9(7)16-10-13-6-14-15-10/h2-4,6,12H,5H2,1H3,(H,13,14,15). The monoisotopic (exact) mass is 238 g/mol. The van der Waals surface area contributed by atoms with Gasteiger partial charge in [0.25, 0.3) is 0 Å². The van der Waals surface area contributed by atoms with Crippen molar-refractivity contribution in [2.45, 2.75) is 16.6 Å². The van der Waals surface area contributed by atoms with Gasteiger partial charge in [0, 0.05) is 6.54 Å². The Morgan fingerprint density at radius 2 is 2.38 bits per heavy atom. The average Bonchev–Trinajstić information content (AvgIpc) is 2.76. The number of hydrogen-bond acceptors (Lipinski definition) is 4. The minimum absolute atomic E-state index is 0.242. The Kier molecular flexibility index (Phi) is 3.53. The van der Waals surface area contributed by atoms with E-state index in [1.807, 2.05) is 13.1 Å². The zero-order chi connectivity index (χ0) is 11.4. The molecule has 0 unspecified atom stereocenters. The Hall–Kier alpha value is -1.40. The molecule has 1 aromatic carbocycles. The molecule has 0 amide bonds. The first-order valence-electron chi connectivity index (χ1n) is 4.76. The normalized spacial score (nSPS) is 10.6. The van der Waals surface area contributed by atoms with Gasteiger partial charge in [0.05, 0.1) is 4.90 Å². The number of H-pyrrole nitrogens is 1. The predicted molar refractivity (Wildman–Crippen MR) is 59.7 cm³/mol. The van der Waals surface area contributed by atoms with Gasteiger partial charge in [-0.15, -0.1) is 0 Å². The van der Waals surface area contributed by atoms with E-state index in [0.717, 1.165) is 5.56 Å². The van der Waals surface area contributed by atoms with Crippen LogP contribution in [0, 0.1) is 5.82 Å². The molecule has 0 saturated carbocycles. The molecular formula is C10H11FN4S. The third-order valence-electron chi connectivity index (χ3n) is 2.01. The fraction of sp³-hybridized carbons (Fsp3) is 0.200. The summed E-state index contributed by atoms with van der Waals surface area (Å²) < 4.78 is 13.7. The van der Waals surface area contributed by atoms with E-state index in [4.69, 9.17) is 0 Å². The van der Waals surface area contributed by atoms with Gasteiger partial charge in [-0.05, 0) is 30.4 Å². The summed E-state index contributed by atoms with van der Waals surface area (Å²) >= 11 is 1.24. The van der Waals surface area contributed by atoms with Crippen LogP contribution in [0.4, 0.5) is 4.39 Å². The van der Waals surface area contributed by atoms with E-state index in [1.165, 1.54) is 24.2 Å². The van der Waals surface area contributed by atoms with Gasteiger partial charge in [0.1, 0.15) is 12.1 Å². The maximum absolute atomic E-state index is 13.7. The van der Waals surface area contributed by atoms with Gasteiger partial charge >= 0.3 is 0 Å². The highest BCUT2D eigenvalue weighted by molar-refractivity contribution is 7.99. The van der Waals surface area contributed by atoms with E-state index < -0.39 is 0 Å². The number of hydrogen-bond donors (Lipinski definition) is 2. The number of nitrogens with one attached hydrogen (secondary N) is 2. The highest BCUT2D eigenvalue weighted by atomic mass is 32.2. The lowest BCUT2D eigenvalue weighted by Gasteiger charge is -2.07. The molecule has 16 heavy (non-hydrogen) atoms. The van der Waals surface area contributed by atoms with Gasteiger partial charge in [-0.3, -0.25) is 5.10 Å². The third-order valence-corrected chi connectivity index (χ3v) is 3.06. The van der Waals surface area contributed by atoms with Crippen molar-refractivity contribution in [3.8, 4) is 0 Å². The molecule has 1 aromatic heterocycles. The second-order valence-electron chi connectivity index (χ2n) is 3.15. The van der Waals surface area contributed by atoms with E-state index in [9.17, 15) is 4.39 Å². The largest absolute Gasteiger partial charge is 0.316 e. The van der Waals surface area contributed by atoms with Crippen molar-refractivity contribution in [2.75, 3.05) is 7.05 Å². The van der Waals surface area contributed by atoms with Crippen LogP contribution in [0.1, 0.15) is 5.56 Å². The topological polar surface area (TPSA) is 53.6 Å². The van der Waals surface area contributed by atoms with Crippen LogP contribution >= 0.6 is 11.8 Å². The van der Waals surface area contributed by atoms with Crippen LogP contribution in [-0.2, 0) is 6.54 Å². The molecule has 0 spiro atoms. The van der Waals surface area contributed by atoms with Crippen LogP contribution in [0.3, 0.4) is 0 Å². The molecule has 2 N–H and O–H groups in total. The highest BCUT2D eigenvalue weighted by Gasteiger charge is 2.10. The molecule has 0 bridgehead atoms. The van der Waals surface area contributed by atoms with Gasteiger partial charge < -0.3 is 5.32 Å². The molecule has 6 heteroatoms. The molecule has 1 heterocycles. The Balaban J connectivity index is 2.30. The van der Waals surface area contributed by atoms with Crippen LogP contribution in [0.25, 0.3) is 0 Å². The first kappa shape index (κ1) is 11.1. The Morgan fingerprint density at radius 3 is 3.06 bits per heavy atom. The van der Waals surface area contributed by atoms with E-state index >= 15 is 0 Å². The molecule has 0 atom stereocenters. The summed E-state index contributed by atoms with van der Waals surface area (Å²) in [6.07, 6.45) is 1.40. The molecule has 0 fully saturated rings. The first-order chi connectivity index (χ1) is 7.81. The molecule has 4 nitrogen and oxygen atoms in total. The summed E-state index contributed by atoms with van der Waals surface area (Å²) in [5.74, 6) is -0.242. The summed E-state index contributed by atoms with van der Waals surface area (Å²) in [5.41, 5.74) is 0.906. The second kappa shape index (κ2) is 5.09. The smallest absolute Gasteiger partial charge is 0.188 e. The number of aromatic nitrogens is 3. The van der Waals surface area contributed by atoms with E-state index in [0.29, 0.717) is 16.6 Å². The molecule has 2 rings (SSSR count). The number of aromatic amines is 1. The predicted octanol–water partition coefficient (Wildman–Crippen LogP) is 1.81. The first-order valence-corrected chi connectivity index (χ1v) is 5.58. The lowest BCUT2D eigenvalue weighted by molar-refractivity contribution is 0.594. The molecule has 0 aliphatic rings. The number of rotatable bonds is 4. The van der Waals surface area contributed by atoms with Crippen molar-refractivity contribution in [1.82, 2.24) is 20.5 Å². The van der Waals surface area contributed by atoms with Crippen molar-refractivity contribution in [3.05, 3.63) is 35.9 Å². The van der Waals surface area contributed by atoms with Crippen LogP contribution < -0.4 is 5.32 Å². The molecule has 0 saturated heterocycles. The number of halogens is 1. The molecule has 0 aliphatic heterocycles. The third kappa shape index (κ3) is 2.40. The second-order valence-corrected chi connectivity index (χ2v) is 4.15. The maximum Gasteiger partial charge on any atom is 0.188 e. The van der Waals surface area contributed by atoms with Gasteiger partial charge in [0.2, 0.25) is 0 Å². The number of benzene rings is 1. The molecule has 84 valence electrons. The van der Waals surface area contributed by atoms with Gasteiger partial charge in [0.15, 0.2) is 5.16 Å². The van der Waals surface area contributed by atoms with Crippen LogP contribution in [-0.4, -0.2) is 22.2 Å². The van der Waals surface area contributed by atoms with Crippen LogP contribution in [0.15, 0.2) is 34.6 Å². The number of nitrogens with zero attached hydrogens (tertiary/aromatic N) is 2. The summed E-state index contributed by atoms with van der Waals surface area (Å²) in [5, 5.41) is 10.0. The van der Waals surface area contributed by atoms with Crippen molar-refractivity contribution in [3.63, 3.8) is 0 Å². The van der Waals surface area contributed by atoms with Crippen molar-refractivity contribution in [2.24, 2.45) is 0 Å². The minimum atomic E-state index is -0.242. The summed E-state index contributed by atoms with van der Waals surface area (Å²) in [6, 6.07) is 5.03. The van der Waals surface area contributed by atoms with Gasteiger partial charge in [-0.25, -0.2) is 9.37 Å². The zero-order valence-electron chi connectivity index (χ0n) is 8.70. The van der Waals surface area contributed by atoms with Gasteiger partial charge in [-0.1, -0.05) is 12.1 Å². The van der Waals surface area contributed by atoms with E-state index in [2.05, 4.69) is 20.5 Å². The Labute approximate surface area is 96.7 Å². The molecule has 0 aliphatic carbocycles. The SMILES string of the molecule is CNCc1cccc(F)c1Sc1ncn[nH]1. The summed E-state index contributed by atoms with van der Waals surface area (Å²) in [4.78, 5) is 4.54. The zero-order valence-corrected chi connectivity index (χ0v) is 9.51. The highest BCUT2D eigenvalue weighted by Crippen LogP contribution is 2.30. The van der Waals surface area contributed by atoms with E-state index in [-0.39, 0.29) is 5.82 Å². The Morgan fingerprint density at radius 1 is 1.50 bits per heavy atom. The fourth-order valence-electron chi connectivity index (χ4n) is 1.34. The molecule has 2 aromatic rings. The summed E-state index contributed by atoms with van der Waals surface area (Å²) in [6.45, 7) is 0.619. The molecular weight excluding hydrogens is 227 g/mol. The van der Waals surface area contributed by atoms with Crippen LogP contribution in [0.5, 0.6) is 0 Å². The average molecular weight is 238 g/mol.